The molecule has 0 aromatic heterocycles. The number of piperazine rings is 1. The molecule has 0 aromatic carbocycles. The van der Waals surface area contributed by atoms with Crippen molar-refractivity contribution >= 4 is 12.1 Å². The fourth-order valence-electron chi connectivity index (χ4n) is 2.12. The van der Waals surface area contributed by atoms with Gasteiger partial charge in [0, 0.05) is 32.5 Å². The molecule has 92 valence electrons. The van der Waals surface area contributed by atoms with Crippen LogP contribution in [-0.2, 0) is 9.59 Å². The second kappa shape index (κ2) is 7.52. The maximum absolute atomic E-state index is 11.9. The van der Waals surface area contributed by atoms with Crippen LogP contribution in [0.3, 0.4) is 0 Å². The van der Waals surface area contributed by atoms with Crippen molar-refractivity contribution in [1.29, 1.82) is 0 Å². The van der Waals surface area contributed by atoms with Gasteiger partial charge in [-0.1, -0.05) is 6.92 Å². The smallest absolute Gasteiger partial charge is 0.151 e. The van der Waals surface area contributed by atoms with Crippen molar-refractivity contribution in [3.63, 3.8) is 0 Å². The summed E-state index contributed by atoms with van der Waals surface area (Å²) in [4.78, 5) is 24.4. The number of nitrogens with one attached hydrogen (secondary N) is 1. The van der Waals surface area contributed by atoms with Gasteiger partial charge in [-0.3, -0.25) is 9.69 Å². The summed E-state index contributed by atoms with van der Waals surface area (Å²) in [5.41, 5.74) is 0. The van der Waals surface area contributed by atoms with Gasteiger partial charge in [0.2, 0.25) is 0 Å². The number of hydrogen-bond donors (Lipinski definition) is 1. The zero-order valence-corrected chi connectivity index (χ0v) is 10.1. The van der Waals surface area contributed by atoms with Gasteiger partial charge in [-0.2, -0.15) is 0 Å². The van der Waals surface area contributed by atoms with Crippen molar-refractivity contribution in [2.24, 2.45) is 0 Å². The number of hydrogen-bond acceptors (Lipinski definition) is 4. The molecule has 1 fully saturated rings. The highest BCUT2D eigenvalue weighted by atomic mass is 16.1. The van der Waals surface area contributed by atoms with Crippen molar-refractivity contribution in [3.8, 4) is 0 Å². The minimum absolute atomic E-state index is 0.0281. The summed E-state index contributed by atoms with van der Waals surface area (Å²) in [5.74, 6) is 0.334. The maximum atomic E-state index is 11.9. The quantitative estimate of drug-likeness (QED) is 0.510. The van der Waals surface area contributed by atoms with E-state index in [0.717, 1.165) is 45.3 Å². The number of Topliss-reactive ketones (excluding diaryl/α,β-unsaturated/α-hetero) is 1. The van der Waals surface area contributed by atoms with Gasteiger partial charge in [0.25, 0.3) is 0 Å². The minimum Gasteiger partial charge on any atom is -0.313 e. The zero-order chi connectivity index (χ0) is 11.8. The average Bonchev–Trinajstić information content (AvgIpc) is 2.30. The number of ketones is 1. The van der Waals surface area contributed by atoms with Crippen LogP contribution in [0, 0.1) is 0 Å². The van der Waals surface area contributed by atoms with E-state index in [1.807, 2.05) is 6.92 Å². The molecule has 0 spiro atoms. The molecule has 1 unspecified atom stereocenters. The number of rotatable bonds is 7. The summed E-state index contributed by atoms with van der Waals surface area (Å²) >= 11 is 0. The average molecular weight is 226 g/mol. The lowest BCUT2D eigenvalue weighted by Crippen LogP contribution is -2.55. The van der Waals surface area contributed by atoms with Gasteiger partial charge in [0.05, 0.1) is 6.04 Å². The van der Waals surface area contributed by atoms with Crippen molar-refractivity contribution in [3.05, 3.63) is 0 Å². The van der Waals surface area contributed by atoms with Crippen LogP contribution in [0.15, 0.2) is 0 Å². The predicted molar refractivity (Wildman–Crippen MR) is 63.4 cm³/mol. The number of unbranched alkanes of at least 4 members (excludes halogenated alkanes) is 1. The van der Waals surface area contributed by atoms with E-state index >= 15 is 0 Å². The van der Waals surface area contributed by atoms with Crippen LogP contribution in [0.2, 0.25) is 0 Å². The summed E-state index contributed by atoms with van der Waals surface area (Å²) in [7, 11) is 0. The first-order chi connectivity index (χ1) is 7.79. The summed E-state index contributed by atoms with van der Waals surface area (Å²) in [5, 5.41) is 3.26. The third-order valence-electron chi connectivity index (χ3n) is 2.99. The van der Waals surface area contributed by atoms with E-state index in [1.54, 1.807) is 0 Å². The lowest BCUT2D eigenvalue weighted by molar-refractivity contribution is -0.124. The largest absolute Gasteiger partial charge is 0.313 e. The van der Waals surface area contributed by atoms with Crippen molar-refractivity contribution < 1.29 is 9.59 Å². The molecular formula is C12H22N2O2. The van der Waals surface area contributed by atoms with E-state index in [-0.39, 0.29) is 6.04 Å². The molecular weight excluding hydrogens is 204 g/mol. The summed E-state index contributed by atoms with van der Waals surface area (Å²) < 4.78 is 0. The molecule has 0 bridgehead atoms. The molecule has 0 aromatic rings. The molecule has 1 N–H and O–H groups in total. The van der Waals surface area contributed by atoms with E-state index in [2.05, 4.69) is 10.2 Å². The lowest BCUT2D eigenvalue weighted by Gasteiger charge is -2.35. The maximum Gasteiger partial charge on any atom is 0.151 e. The van der Waals surface area contributed by atoms with Crippen LogP contribution in [0.4, 0.5) is 0 Å². The van der Waals surface area contributed by atoms with Crippen molar-refractivity contribution in [1.82, 2.24) is 10.2 Å². The molecule has 1 aliphatic heterocycles. The van der Waals surface area contributed by atoms with Crippen molar-refractivity contribution in [2.45, 2.75) is 38.6 Å². The van der Waals surface area contributed by atoms with E-state index < -0.39 is 0 Å². The Hall–Kier alpha value is -0.740. The SMILES string of the molecule is CCCC(=O)C1CNCCN1CCCC=O. The standard InChI is InChI=1S/C12H22N2O2/c1-2-5-12(16)11-10-13-6-8-14(11)7-3-4-9-15/h9,11,13H,2-8,10H2,1H3. The van der Waals surface area contributed by atoms with Crippen LogP contribution in [0.1, 0.15) is 32.6 Å². The highest BCUT2D eigenvalue weighted by molar-refractivity contribution is 5.84. The first-order valence-corrected chi connectivity index (χ1v) is 6.20. The Morgan fingerprint density at radius 1 is 1.56 bits per heavy atom. The topological polar surface area (TPSA) is 49.4 Å². The van der Waals surface area contributed by atoms with Gasteiger partial charge in [-0.15, -0.1) is 0 Å². The van der Waals surface area contributed by atoms with Gasteiger partial charge in [0.15, 0.2) is 5.78 Å². The molecule has 0 amide bonds. The molecule has 1 heterocycles. The monoisotopic (exact) mass is 226 g/mol. The van der Waals surface area contributed by atoms with E-state index in [9.17, 15) is 9.59 Å². The van der Waals surface area contributed by atoms with Gasteiger partial charge in [-0.05, 0) is 19.4 Å². The number of carbonyl (C=O) groups excluding carboxylic acids is 2. The molecule has 16 heavy (non-hydrogen) atoms. The van der Waals surface area contributed by atoms with Gasteiger partial charge in [-0.25, -0.2) is 0 Å². The van der Waals surface area contributed by atoms with E-state index in [0.29, 0.717) is 18.6 Å². The van der Waals surface area contributed by atoms with Crippen LogP contribution in [-0.4, -0.2) is 49.2 Å². The molecule has 0 saturated carbocycles. The molecule has 1 atom stereocenters. The van der Waals surface area contributed by atoms with Gasteiger partial charge >= 0.3 is 0 Å². The van der Waals surface area contributed by atoms with Crippen LogP contribution in [0.5, 0.6) is 0 Å². The van der Waals surface area contributed by atoms with E-state index in [4.69, 9.17) is 0 Å². The first-order valence-electron chi connectivity index (χ1n) is 6.20. The summed E-state index contributed by atoms with van der Waals surface area (Å²) in [6.07, 6.45) is 3.98. The Labute approximate surface area is 97.4 Å². The Kier molecular flexibility index (Phi) is 6.26. The van der Waals surface area contributed by atoms with Crippen LogP contribution >= 0.6 is 0 Å². The molecule has 0 aliphatic carbocycles. The third-order valence-corrected chi connectivity index (χ3v) is 2.99. The molecule has 4 nitrogen and oxygen atoms in total. The predicted octanol–water partition coefficient (Wildman–Crippen LogP) is 0.608. The summed E-state index contributed by atoms with van der Waals surface area (Å²) in [6, 6.07) is 0.0281. The van der Waals surface area contributed by atoms with Crippen LogP contribution < -0.4 is 5.32 Å². The van der Waals surface area contributed by atoms with Gasteiger partial charge < -0.3 is 10.1 Å². The Bertz CT molecular complexity index is 231. The first kappa shape index (κ1) is 13.3. The normalized spacial score (nSPS) is 21.9. The van der Waals surface area contributed by atoms with E-state index in [1.165, 1.54) is 0 Å². The number of nitrogens with zero attached hydrogens (tertiary/aromatic N) is 1. The third kappa shape index (κ3) is 4.02. The number of carbonyl (C=O) groups is 2. The molecule has 1 saturated heterocycles. The Balaban J connectivity index is 2.42. The second-order valence-corrected chi connectivity index (χ2v) is 4.28. The molecule has 4 heteroatoms. The Morgan fingerprint density at radius 3 is 3.06 bits per heavy atom. The lowest BCUT2D eigenvalue weighted by atomic mass is 10.0. The van der Waals surface area contributed by atoms with Gasteiger partial charge in [0.1, 0.15) is 6.29 Å². The second-order valence-electron chi connectivity index (χ2n) is 4.28. The molecule has 0 radical (unpaired) electrons. The number of aldehydes is 1. The molecule has 1 aliphatic rings. The fraction of sp³-hybridized carbons (Fsp3) is 0.833. The minimum atomic E-state index is 0.0281. The fourth-order valence-corrected chi connectivity index (χ4v) is 2.12. The zero-order valence-electron chi connectivity index (χ0n) is 10.1. The summed E-state index contributed by atoms with van der Waals surface area (Å²) in [6.45, 7) is 5.52. The Morgan fingerprint density at radius 2 is 2.38 bits per heavy atom. The highest BCUT2D eigenvalue weighted by Crippen LogP contribution is 2.09. The highest BCUT2D eigenvalue weighted by Gasteiger charge is 2.26. The van der Waals surface area contributed by atoms with Crippen LogP contribution in [0.25, 0.3) is 0 Å². The molecule has 1 rings (SSSR count). The van der Waals surface area contributed by atoms with Crippen molar-refractivity contribution in [2.75, 3.05) is 26.2 Å².